The summed E-state index contributed by atoms with van der Waals surface area (Å²) in [6.07, 6.45) is 2.49. The maximum atomic E-state index is 12.4. The maximum Gasteiger partial charge on any atom is 0.319 e. The average molecular weight is 352 g/mol. The second-order valence-electron chi connectivity index (χ2n) is 6.33. The van der Waals surface area contributed by atoms with Gasteiger partial charge < -0.3 is 10.4 Å². The lowest BCUT2D eigenvalue weighted by Gasteiger charge is -2.16. The van der Waals surface area contributed by atoms with Gasteiger partial charge in [0, 0.05) is 19.6 Å². The number of hydrogen-bond donors (Lipinski definition) is 2. The lowest BCUT2D eigenvalue weighted by Crippen LogP contribution is -2.36. The molecule has 1 aromatic carbocycles. The van der Waals surface area contributed by atoms with Crippen molar-refractivity contribution in [3.8, 4) is 0 Å². The Morgan fingerprint density at radius 3 is 2.21 bits per heavy atom. The Labute approximate surface area is 140 Å². The van der Waals surface area contributed by atoms with Gasteiger partial charge in [-0.25, -0.2) is 8.42 Å². The standard InChI is InChI=1S/C16H20N2O5S/c19-14(16(7-8-16)15(20)21)17-11-12-3-5-13(6-4-12)24(22,23)18-9-1-2-10-18/h3-6H,1-2,7-11H2,(H,17,19)(H,20,21). The molecule has 24 heavy (non-hydrogen) atoms. The Morgan fingerprint density at radius 2 is 1.71 bits per heavy atom. The number of benzene rings is 1. The number of carboxylic acid groups (broad SMARTS) is 1. The third-order valence-electron chi connectivity index (χ3n) is 4.67. The number of aliphatic carboxylic acids is 1. The molecule has 0 unspecified atom stereocenters. The van der Waals surface area contributed by atoms with E-state index in [2.05, 4.69) is 5.32 Å². The van der Waals surface area contributed by atoms with Crippen LogP contribution in [0.2, 0.25) is 0 Å². The summed E-state index contributed by atoms with van der Waals surface area (Å²) in [6, 6.07) is 6.34. The van der Waals surface area contributed by atoms with Crippen molar-refractivity contribution in [1.82, 2.24) is 9.62 Å². The van der Waals surface area contributed by atoms with Crippen molar-refractivity contribution >= 4 is 21.9 Å². The first-order valence-corrected chi connectivity index (χ1v) is 9.41. The Kier molecular flexibility index (Phi) is 4.35. The van der Waals surface area contributed by atoms with Gasteiger partial charge >= 0.3 is 5.97 Å². The highest BCUT2D eigenvalue weighted by Gasteiger charge is 2.56. The summed E-state index contributed by atoms with van der Waals surface area (Å²) in [5, 5.41) is 11.7. The van der Waals surface area contributed by atoms with Crippen LogP contribution in [0.3, 0.4) is 0 Å². The number of nitrogens with zero attached hydrogens (tertiary/aromatic N) is 1. The molecule has 1 aliphatic heterocycles. The smallest absolute Gasteiger partial charge is 0.319 e. The van der Waals surface area contributed by atoms with Gasteiger partial charge in [-0.05, 0) is 43.4 Å². The molecule has 0 bridgehead atoms. The van der Waals surface area contributed by atoms with E-state index in [1.807, 2.05) is 0 Å². The van der Waals surface area contributed by atoms with Gasteiger partial charge in [0.1, 0.15) is 5.41 Å². The number of hydrogen-bond acceptors (Lipinski definition) is 4. The van der Waals surface area contributed by atoms with E-state index in [4.69, 9.17) is 5.11 Å². The van der Waals surface area contributed by atoms with E-state index in [-0.39, 0.29) is 11.4 Å². The van der Waals surface area contributed by atoms with Crippen LogP contribution in [0.5, 0.6) is 0 Å². The van der Waals surface area contributed by atoms with Crippen LogP contribution in [-0.4, -0.2) is 42.8 Å². The fraction of sp³-hybridized carbons (Fsp3) is 0.500. The summed E-state index contributed by atoms with van der Waals surface area (Å²) >= 11 is 0. The van der Waals surface area contributed by atoms with E-state index >= 15 is 0 Å². The van der Waals surface area contributed by atoms with E-state index in [1.165, 1.54) is 16.4 Å². The van der Waals surface area contributed by atoms with Crippen LogP contribution in [0, 0.1) is 5.41 Å². The molecule has 1 saturated carbocycles. The SMILES string of the molecule is O=C(O)C1(C(=O)NCc2ccc(S(=O)(=O)N3CCCC3)cc2)CC1. The number of carboxylic acids is 1. The lowest BCUT2D eigenvalue weighted by molar-refractivity contribution is -0.149. The first-order valence-electron chi connectivity index (χ1n) is 7.97. The molecule has 0 spiro atoms. The van der Waals surface area contributed by atoms with E-state index in [9.17, 15) is 18.0 Å². The Morgan fingerprint density at radius 1 is 1.12 bits per heavy atom. The number of carbonyl (C=O) groups is 2. The van der Waals surface area contributed by atoms with E-state index in [0.717, 1.165) is 18.4 Å². The van der Waals surface area contributed by atoms with Gasteiger partial charge in [-0.2, -0.15) is 4.31 Å². The molecular formula is C16H20N2O5S. The van der Waals surface area contributed by atoms with Crippen LogP contribution in [0.15, 0.2) is 29.2 Å². The van der Waals surface area contributed by atoms with E-state index in [0.29, 0.717) is 25.9 Å². The molecule has 0 atom stereocenters. The highest BCUT2D eigenvalue weighted by molar-refractivity contribution is 7.89. The molecule has 3 rings (SSSR count). The van der Waals surface area contributed by atoms with Crippen molar-refractivity contribution in [2.75, 3.05) is 13.1 Å². The van der Waals surface area contributed by atoms with Gasteiger partial charge in [-0.15, -0.1) is 0 Å². The third kappa shape index (κ3) is 3.03. The predicted octanol–water partition coefficient (Wildman–Crippen LogP) is 0.952. The van der Waals surface area contributed by atoms with Gasteiger partial charge in [0.05, 0.1) is 4.90 Å². The van der Waals surface area contributed by atoms with Gasteiger partial charge in [-0.1, -0.05) is 12.1 Å². The van der Waals surface area contributed by atoms with Crippen molar-refractivity contribution in [3.05, 3.63) is 29.8 Å². The largest absolute Gasteiger partial charge is 0.480 e. The van der Waals surface area contributed by atoms with Crippen LogP contribution >= 0.6 is 0 Å². The van der Waals surface area contributed by atoms with Crippen molar-refractivity contribution in [2.45, 2.75) is 37.1 Å². The molecule has 1 saturated heterocycles. The summed E-state index contributed by atoms with van der Waals surface area (Å²) in [7, 11) is -3.44. The van der Waals surface area contributed by atoms with Crippen LogP contribution in [-0.2, 0) is 26.2 Å². The summed E-state index contributed by atoms with van der Waals surface area (Å²) < 4.78 is 26.3. The van der Waals surface area contributed by atoms with Gasteiger partial charge in [0.25, 0.3) is 0 Å². The minimum absolute atomic E-state index is 0.178. The molecule has 7 nitrogen and oxygen atoms in total. The maximum absolute atomic E-state index is 12.4. The number of rotatable bonds is 6. The number of amides is 1. The molecule has 0 radical (unpaired) electrons. The summed E-state index contributed by atoms with van der Waals surface area (Å²) in [4.78, 5) is 23.3. The zero-order valence-corrected chi connectivity index (χ0v) is 14.0. The molecule has 2 N–H and O–H groups in total. The monoisotopic (exact) mass is 352 g/mol. The second kappa shape index (κ2) is 6.18. The molecule has 8 heteroatoms. The number of nitrogens with one attached hydrogen (secondary N) is 1. The Balaban J connectivity index is 1.63. The fourth-order valence-electron chi connectivity index (χ4n) is 2.87. The quantitative estimate of drug-likeness (QED) is 0.742. The molecule has 1 aliphatic carbocycles. The minimum atomic E-state index is -3.44. The fourth-order valence-corrected chi connectivity index (χ4v) is 4.39. The summed E-state index contributed by atoms with van der Waals surface area (Å²) in [5.74, 6) is -1.57. The zero-order valence-electron chi connectivity index (χ0n) is 13.2. The molecule has 1 amide bonds. The molecule has 130 valence electrons. The van der Waals surface area contributed by atoms with Crippen molar-refractivity contribution in [3.63, 3.8) is 0 Å². The molecule has 1 heterocycles. The topological polar surface area (TPSA) is 104 Å². The molecule has 1 aromatic rings. The van der Waals surface area contributed by atoms with E-state index in [1.54, 1.807) is 12.1 Å². The number of sulfonamides is 1. The Bertz CT molecular complexity index is 747. The zero-order chi connectivity index (χ0) is 17.4. The molecular weight excluding hydrogens is 332 g/mol. The van der Waals surface area contributed by atoms with Crippen molar-refractivity contribution < 1.29 is 23.1 Å². The Hall–Kier alpha value is -1.93. The highest BCUT2D eigenvalue weighted by atomic mass is 32.2. The average Bonchev–Trinajstić information content (AvgIpc) is 3.19. The van der Waals surface area contributed by atoms with Crippen LogP contribution < -0.4 is 5.32 Å². The lowest BCUT2D eigenvalue weighted by atomic mass is 10.1. The predicted molar refractivity (Wildman–Crippen MR) is 85.6 cm³/mol. The van der Waals surface area contributed by atoms with Gasteiger partial charge in [0.2, 0.25) is 15.9 Å². The van der Waals surface area contributed by atoms with Crippen LogP contribution in [0.25, 0.3) is 0 Å². The van der Waals surface area contributed by atoms with Gasteiger partial charge in [-0.3, -0.25) is 9.59 Å². The first kappa shape index (κ1) is 16.9. The summed E-state index contributed by atoms with van der Waals surface area (Å²) in [5.41, 5.74) is -0.538. The molecule has 0 aromatic heterocycles. The summed E-state index contributed by atoms with van der Waals surface area (Å²) in [6.45, 7) is 1.28. The third-order valence-corrected chi connectivity index (χ3v) is 6.59. The van der Waals surface area contributed by atoms with Crippen LogP contribution in [0.1, 0.15) is 31.2 Å². The number of carbonyl (C=O) groups excluding carboxylic acids is 1. The van der Waals surface area contributed by atoms with E-state index < -0.39 is 27.3 Å². The molecule has 2 fully saturated rings. The van der Waals surface area contributed by atoms with Gasteiger partial charge in [0.15, 0.2) is 0 Å². The van der Waals surface area contributed by atoms with Crippen LogP contribution in [0.4, 0.5) is 0 Å². The van der Waals surface area contributed by atoms with Crippen molar-refractivity contribution in [2.24, 2.45) is 5.41 Å². The minimum Gasteiger partial charge on any atom is -0.480 e. The van der Waals surface area contributed by atoms with Crippen molar-refractivity contribution in [1.29, 1.82) is 0 Å². The highest BCUT2D eigenvalue weighted by Crippen LogP contribution is 2.46. The molecule has 2 aliphatic rings. The first-order chi connectivity index (χ1) is 11.4. The normalized spacial score (nSPS) is 19.8. The second-order valence-corrected chi connectivity index (χ2v) is 8.26.